The predicted molar refractivity (Wildman–Crippen MR) is 65.7 cm³/mol. The number of likely N-dealkylation sites (tertiary alicyclic amines) is 1. The molecule has 1 aliphatic heterocycles. The maximum absolute atomic E-state index is 12.1. The maximum Gasteiger partial charge on any atom is 0.320 e. The molecule has 0 bridgehead atoms. The normalized spacial score (nSPS) is 16.0. The highest BCUT2D eigenvalue weighted by atomic mass is 16.3. The van der Waals surface area contributed by atoms with Crippen molar-refractivity contribution in [3.8, 4) is 0 Å². The van der Waals surface area contributed by atoms with Crippen LogP contribution in [0.5, 0.6) is 0 Å². The fourth-order valence-corrected chi connectivity index (χ4v) is 2.20. The Kier molecular flexibility index (Phi) is 3.71. The number of carbonyl (C=O) groups excluding carboxylic acids is 1. The summed E-state index contributed by atoms with van der Waals surface area (Å²) in [4.78, 5) is 15.8. The first-order chi connectivity index (χ1) is 8.16. The number of hydrogen-bond acceptors (Lipinski definition) is 2. The minimum Gasteiger partial charge on any atom is -0.464 e. The van der Waals surface area contributed by atoms with Gasteiger partial charge in [0, 0.05) is 20.1 Å². The molecule has 0 atom stereocenters. The van der Waals surface area contributed by atoms with Gasteiger partial charge in [0.25, 0.3) is 0 Å². The van der Waals surface area contributed by atoms with Crippen molar-refractivity contribution in [2.75, 3.05) is 20.1 Å². The van der Waals surface area contributed by atoms with Crippen LogP contribution < -0.4 is 0 Å². The van der Waals surface area contributed by atoms with Gasteiger partial charge in [-0.15, -0.1) is 0 Å². The molecular weight excluding hydrogens is 216 g/mol. The summed E-state index contributed by atoms with van der Waals surface area (Å²) in [5.74, 6) is 1.73. The monoisotopic (exact) mass is 236 g/mol. The number of rotatable bonds is 2. The molecule has 0 radical (unpaired) electrons. The molecule has 1 saturated heterocycles. The first-order valence-electron chi connectivity index (χ1n) is 6.22. The topological polar surface area (TPSA) is 36.7 Å². The van der Waals surface area contributed by atoms with E-state index >= 15 is 0 Å². The molecule has 2 amide bonds. The third-order valence-corrected chi connectivity index (χ3v) is 3.14. The summed E-state index contributed by atoms with van der Waals surface area (Å²) in [6.07, 6.45) is 3.49. The SMILES string of the molecule is Cc1ccc(CN(C)C(=O)N2CCCCC2)o1. The van der Waals surface area contributed by atoms with Crippen molar-refractivity contribution in [2.24, 2.45) is 0 Å². The highest BCUT2D eigenvalue weighted by Gasteiger charge is 2.20. The van der Waals surface area contributed by atoms with E-state index in [0.717, 1.165) is 37.5 Å². The molecule has 4 heteroatoms. The average Bonchev–Trinajstić information content (AvgIpc) is 2.75. The second-order valence-electron chi connectivity index (χ2n) is 4.70. The van der Waals surface area contributed by atoms with E-state index in [0.29, 0.717) is 6.54 Å². The van der Waals surface area contributed by atoms with Gasteiger partial charge in [-0.2, -0.15) is 0 Å². The molecule has 0 saturated carbocycles. The van der Waals surface area contributed by atoms with Gasteiger partial charge in [0.05, 0.1) is 6.54 Å². The number of nitrogens with zero attached hydrogens (tertiary/aromatic N) is 2. The minimum atomic E-state index is 0.110. The quantitative estimate of drug-likeness (QED) is 0.791. The number of amides is 2. The molecule has 0 N–H and O–H groups in total. The first-order valence-corrected chi connectivity index (χ1v) is 6.22. The van der Waals surface area contributed by atoms with E-state index in [1.807, 2.05) is 31.0 Å². The van der Waals surface area contributed by atoms with Crippen LogP contribution in [-0.2, 0) is 6.54 Å². The standard InChI is InChI=1S/C13H20N2O2/c1-11-6-7-12(17-11)10-14(2)13(16)15-8-4-3-5-9-15/h6-7H,3-5,8-10H2,1-2H3. The van der Waals surface area contributed by atoms with E-state index in [1.54, 1.807) is 4.90 Å². The van der Waals surface area contributed by atoms with E-state index in [2.05, 4.69) is 0 Å². The summed E-state index contributed by atoms with van der Waals surface area (Å²) in [6.45, 7) is 4.24. The van der Waals surface area contributed by atoms with Crippen LogP contribution in [0, 0.1) is 6.92 Å². The highest BCUT2D eigenvalue weighted by Crippen LogP contribution is 2.13. The zero-order valence-electron chi connectivity index (χ0n) is 10.6. The number of hydrogen-bond donors (Lipinski definition) is 0. The van der Waals surface area contributed by atoms with Gasteiger partial charge in [-0.1, -0.05) is 0 Å². The van der Waals surface area contributed by atoms with E-state index in [-0.39, 0.29) is 6.03 Å². The molecule has 17 heavy (non-hydrogen) atoms. The van der Waals surface area contributed by atoms with E-state index in [4.69, 9.17) is 4.42 Å². The van der Waals surface area contributed by atoms with Crippen molar-refractivity contribution in [2.45, 2.75) is 32.7 Å². The Morgan fingerprint density at radius 2 is 2.06 bits per heavy atom. The zero-order chi connectivity index (χ0) is 12.3. The van der Waals surface area contributed by atoms with Crippen LogP contribution >= 0.6 is 0 Å². The summed E-state index contributed by atoms with van der Waals surface area (Å²) < 4.78 is 5.48. The van der Waals surface area contributed by atoms with Crippen LogP contribution in [0.1, 0.15) is 30.8 Å². The summed E-state index contributed by atoms with van der Waals surface area (Å²) in [6, 6.07) is 3.96. The Hall–Kier alpha value is -1.45. The van der Waals surface area contributed by atoms with Crippen LogP contribution in [0.2, 0.25) is 0 Å². The number of carbonyl (C=O) groups is 1. The maximum atomic E-state index is 12.1. The lowest BCUT2D eigenvalue weighted by atomic mass is 10.1. The van der Waals surface area contributed by atoms with Crippen LogP contribution in [0.3, 0.4) is 0 Å². The van der Waals surface area contributed by atoms with Crippen LogP contribution in [0.4, 0.5) is 4.79 Å². The minimum absolute atomic E-state index is 0.110. The van der Waals surface area contributed by atoms with Crippen LogP contribution in [0.25, 0.3) is 0 Å². The van der Waals surface area contributed by atoms with Crippen molar-refractivity contribution in [1.82, 2.24) is 9.80 Å². The van der Waals surface area contributed by atoms with Gasteiger partial charge in [-0.05, 0) is 38.3 Å². The largest absolute Gasteiger partial charge is 0.464 e. The molecule has 0 spiro atoms. The average molecular weight is 236 g/mol. The Balaban J connectivity index is 1.90. The van der Waals surface area contributed by atoms with Crippen LogP contribution in [0.15, 0.2) is 16.5 Å². The molecule has 1 aromatic heterocycles. The van der Waals surface area contributed by atoms with Crippen molar-refractivity contribution < 1.29 is 9.21 Å². The molecule has 2 heterocycles. The Morgan fingerprint density at radius 1 is 1.35 bits per heavy atom. The number of piperidine rings is 1. The van der Waals surface area contributed by atoms with Crippen LogP contribution in [-0.4, -0.2) is 36.0 Å². The van der Waals surface area contributed by atoms with Crippen molar-refractivity contribution in [3.05, 3.63) is 23.7 Å². The molecule has 94 valence electrons. The van der Waals surface area contributed by atoms with Gasteiger partial charge in [0.15, 0.2) is 0 Å². The smallest absolute Gasteiger partial charge is 0.320 e. The van der Waals surface area contributed by atoms with Gasteiger partial charge in [-0.3, -0.25) is 0 Å². The summed E-state index contributed by atoms with van der Waals surface area (Å²) >= 11 is 0. The lowest BCUT2D eigenvalue weighted by molar-refractivity contribution is 0.148. The number of aryl methyl sites for hydroxylation is 1. The Bertz CT molecular complexity index is 381. The molecule has 0 unspecified atom stereocenters. The molecule has 1 fully saturated rings. The molecule has 0 aromatic carbocycles. The third kappa shape index (κ3) is 3.02. The van der Waals surface area contributed by atoms with E-state index < -0.39 is 0 Å². The predicted octanol–water partition coefficient (Wildman–Crippen LogP) is 2.63. The highest BCUT2D eigenvalue weighted by molar-refractivity contribution is 5.74. The third-order valence-electron chi connectivity index (χ3n) is 3.14. The molecule has 4 nitrogen and oxygen atoms in total. The van der Waals surface area contributed by atoms with Gasteiger partial charge in [0.2, 0.25) is 0 Å². The van der Waals surface area contributed by atoms with Gasteiger partial charge in [-0.25, -0.2) is 4.79 Å². The molecule has 0 aliphatic carbocycles. The van der Waals surface area contributed by atoms with E-state index in [1.165, 1.54) is 6.42 Å². The van der Waals surface area contributed by atoms with Gasteiger partial charge < -0.3 is 14.2 Å². The van der Waals surface area contributed by atoms with Crippen molar-refractivity contribution in [3.63, 3.8) is 0 Å². The first kappa shape index (κ1) is 12.0. The second kappa shape index (κ2) is 5.25. The fourth-order valence-electron chi connectivity index (χ4n) is 2.20. The van der Waals surface area contributed by atoms with Gasteiger partial charge >= 0.3 is 6.03 Å². The molecular formula is C13H20N2O2. The summed E-state index contributed by atoms with van der Waals surface area (Å²) in [5.41, 5.74) is 0. The molecule has 2 rings (SSSR count). The fraction of sp³-hybridized carbons (Fsp3) is 0.615. The zero-order valence-corrected chi connectivity index (χ0v) is 10.6. The lowest BCUT2D eigenvalue weighted by Gasteiger charge is -2.30. The Morgan fingerprint density at radius 3 is 2.65 bits per heavy atom. The van der Waals surface area contributed by atoms with Crippen molar-refractivity contribution >= 4 is 6.03 Å². The van der Waals surface area contributed by atoms with E-state index in [9.17, 15) is 4.79 Å². The Labute approximate surface area is 102 Å². The second-order valence-corrected chi connectivity index (χ2v) is 4.70. The van der Waals surface area contributed by atoms with Crippen molar-refractivity contribution in [1.29, 1.82) is 0 Å². The number of furan rings is 1. The lowest BCUT2D eigenvalue weighted by Crippen LogP contribution is -2.43. The molecule has 1 aromatic rings. The van der Waals surface area contributed by atoms with Gasteiger partial charge in [0.1, 0.15) is 11.5 Å². The summed E-state index contributed by atoms with van der Waals surface area (Å²) in [7, 11) is 1.83. The number of urea groups is 1. The molecule has 1 aliphatic rings. The summed E-state index contributed by atoms with van der Waals surface area (Å²) in [5, 5.41) is 0.